The summed E-state index contributed by atoms with van der Waals surface area (Å²) >= 11 is 0. The molecule has 0 spiro atoms. The summed E-state index contributed by atoms with van der Waals surface area (Å²) in [4.78, 5) is 22.9. The molecule has 0 aromatic carbocycles. The van der Waals surface area contributed by atoms with Crippen LogP contribution in [0.3, 0.4) is 0 Å². The lowest BCUT2D eigenvalue weighted by atomic mass is 9.95. The standard InChI is InChI=1S/C14H28N2O3/c1-4-10(3)13(14(18)19)16-12(17)7-6-11(5-2)8-9-15/h10-11,13H,4-9,15H2,1-3H3,(H,16,17)(H,18,19). The van der Waals surface area contributed by atoms with Gasteiger partial charge in [0.1, 0.15) is 6.04 Å². The summed E-state index contributed by atoms with van der Waals surface area (Å²) in [7, 11) is 0. The van der Waals surface area contributed by atoms with Gasteiger partial charge in [0.2, 0.25) is 5.91 Å². The Bertz CT molecular complexity index is 282. The molecular weight excluding hydrogens is 244 g/mol. The fourth-order valence-corrected chi connectivity index (χ4v) is 2.05. The zero-order valence-electron chi connectivity index (χ0n) is 12.3. The van der Waals surface area contributed by atoms with Crippen LogP contribution in [0, 0.1) is 11.8 Å². The molecule has 112 valence electrons. The van der Waals surface area contributed by atoms with Crippen LogP contribution in [0.2, 0.25) is 0 Å². The third-order valence-corrected chi connectivity index (χ3v) is 3.73. The number of hydrogen-bond acceptors (Lipinski definition) is 3. The predicted molar refractivity (Wildman–Crippen MR) is 75.7 cm³/mol. The third-order valence-electron chi connectivity index (χ3n) is 3.73. The van der Waals surface area contributed by atoms with Crippen molar-refractivity contribution < 1.29 is 14.7 Å². The first-order valence-corrected chi connectivity index (χ1v) is 7.18. The summed E-state index contributed by atoms with van der Waals surface area (Å²) in [5.41, 5.74) is 5.51. The summed E-state index contributed by atoms with van der Waals surface area (Å²) in [5, 5.41) is 11.7. The number of carboxylic acid groups (broad SMARTS) is 1. The van der Waals surface area contributed by atoms with Crippen LogP contribution in [0.1, 0.15) is 52.9 Å². The monoisotopic (exact) mass is 272 g/mol. The van der Waals surface area contributed by atoms with Crippen molar-refractivity contribution in [3.8, 4) is 0 Å². The van der Waals surface area contributed by atoms with E-state index in [2.05, 4.69) is 12.2 Å². The van der Waals surface area contributed by atoms with E-state index in [4.69, 9.17) is 10.8 Å². The number of hydrogen-bond donors (Lipinski definition) is 3. The molecule has 0 bridgehead atoms. The normalized spacial score (nSPS) is 15.6. The Labute approximate surface area is 115 Å². The molecule has 3 atom stereocenters. The largest absolute Gasteiger partial charge is 0.480 e. The number of nitrogens with one attached hydrogen (secondary N) is 1. The van der Waals surface area contributed by atoms with Crippen LogP contribution >= 0.6 is 0 Å². The molecule has 0 aliphatic heterocycles. The topological polar surface area (TPSA) is 92.4 Å². The fourth-order valence-electron chi connectivity index (χ4n) is 2.05. The minimum absolute atomic E-state index is 0.0625. The zero-order valence-corrected chi connectivity index (χ0v) is 12.3. The van der Waals surface area contributed by atoms with Gasteiger partial charge in [-0.05, 0) is 31.2 Å². The summed E-state index contributed by atoms with van der Waals surface area (Å²) in [6.07, 6.45) is 3.78. The van der Waals surface area contributed by atoms with Crippen LogP contribution in [0.15, 0.2) is 0 Å². The Morgan fingerprint density at radius 2 is 1.84 bits per heavy atom. The number of amides is 1. The summed E-state index contributed by atoms with van der Waals surface area (Å²) < 4.78 is 0. The van der Waals surface area contributed by atoms with E-state index in [9.17, 15) is 9.59 Å². The van der Waals surface area contributed by atoms with E-state index in [1.807, 2.05) is 13.8 Å². The first kappa shape index (κ1) is 17.9. The van der Waals surface area contributed by atoms with Gasteiger partial charge in [-0.2, -0.15) is 0 Å². The zero-order chi connectivity index (χ0) is 14.8. The summed E-state index contributed by atoms with van der Waals surface area (Å²) in [6, 6.07) is -0.785. The highest BCUT2D eigenvalue weighted by Crippen LogP contribution is 2.15. The second kappa shape index (κ2) is 9.78. The average Bonchev–Trinajstić information content (AvgIpc) is 2.39. The molecule has 5 heteroatoms. The van der Waals surface area contributed by atoms with Gasteiger partial charge in [-0.3, -0.25) is 4.79 Å². The number of nitrogens with two attached hydrogens (primary N) is 1. The maximum absolute atomic E-state index is 11.8. The molecular formula is C14H28N2O3. The van der Waals surface area contributed by atoms with Crippen molar-refractivity contribution in [2.45, 2.75) is 58.9 Å². The van der Waals surface area contributed by atoms with E-state index in [0.29, 0.717) is 18.9 Å². The van der Waals surface area contributed by atoms with E-state index in [0.717, 1.165) is 25.7 Å². The SMILES string of the molecule is CCC(CCN)CCC(=O)NC(C(=O)O)C(C)CC. The molecule has 0 rings (SSSR count). The number of carbonyl (C=O) groups excluding carboxylic acids is 1. The molecule has 0 aliphatic rings. The summed E-state index contributed by atoms with van der Waals surface area (Å²) in [5.74, 6) is -0.755. The molecule has 0 saturated carbocycles. The van der Waals surface area contributed by atoms with E-state index >= 15 is 0 Å². The maximum atomic E-state index is 11.8. The minimum Gasteiger partial charge on any atom is -0.480 e. The second-order valence-corrected chi connectivity index (χ2v) is 5.16. The van der Waals surface area contributed by atoms with Crippen LogP contribution in [0.25, 0.3) is 0 Å². The van der Waals surface area contributed by atoms with Crippen molar-refractivity contribution in [1.29, 1.82) is 0 Å². The Hall–Kier alpha value is -1.10. The molecule has 0 heterocycles. The van der Waals surface area contributed by atoms with Crippen molar-refractivity contribution in [2.75, 3.05) is 6.54 Å². The molecule has 4 N–H and O–H groups in total. The molecule has 0 aromatic heterocycles. The number of rotatable bonds is 10. The van der Waals surface area contributed by atoms with Gasteiger partial charge >= 0.3 is 5.97 Å². The minimum atomic E-state index is -0.961. The van der Waals surface area contributed by atoms with Gasteiger partial charge in [0.15, 0.2) is 0 Å². The Kier molecular flexibility index (Phi) is 9.21. The lowest BCUT2D eigenvalue weighted by Crippen LogP contribution is -2.45. The molecule has 5 nitrogen and oxygen atoms in total. The smallest absolute Gasteiger partial charge is 0.326 e. The van der Waals surface area contributed by atoms with E-state index in [1.165, 1.54) is 0 Å². The van der Waals surface area contributed by atoms with Gasteiger partial charge in [0.25, 0.3) is 0 Å². The van der Waals surface area contributed by atoms with Crippen LogP contribution in [0.4, 0.5) is 0 Å². The Balaban J connectivity index is 4.23. The Morgan fingerprint density at radius 1 is 1.21 bits per heavy atom. The van der Waals surface area contributed by atoms with Gasteiger partial charge < -0.3 is 16.2 Å². The highest BCUT2D eigenvalue weighted by Gasteiger charge is 2.25. The number of carboxylic acids is 1. The van der Waals surface area contributed by atoms with E-state index < -0.39 is 12.0 Å². The van der Waals surface area contributed by atoms with Crippen LogP contribution in [0.5, 0.6) is 0 Å². The van der Waals surface area contributed by atoms with Crippen molar-refractivity contribution in [2.24, 2.45) is 17.6 Å². The van der Waals surface area contributed by atoms with Gasteiger partial charge in [-0.15, -0.1) is 0 Å². The van der Waals surface area contributed by atoms with Crippen LogP contribution < -0.4 is 11.1 Å². The molecule has 0 fully saturated rings. The van der Waals surface area contributed by atoms with Gasteiger partial charge in [0, 0.05) is 6.42 Å². The highest BCUT2D eigenvalue weighted by molar-refractivity contribution is 5.83. The van der Waals surface area contributed by atoms with Crippen molar-refractivity contribution in [3.05, 3.63) is 0 Å². The van der Waals surface area contributed by atoms with Crippen molar-refractivity contribution >= 4 is 11.9 Å². The molecule has 0 radical (unpaired) electrons. The molecule has 0 aliphatic carbocycles. The Morgan fingerprint density at radius 3 is 2.26 bits per heavy atom. The van der Waals surface area contributed by atoms with Gasteiger partial charge in [-0.25, -0.2) is 4.79 Å². The predicted octanol–water partition coefficient (Wildman–Crippen LogP) is 1.76. The van der Waals surface area contributed by atoms with E-state index in [-0.39, 0.29) is 11.8 Å². The first-order chi connectivity index (χ1) is 8.96. The maximum Gasteiger partial charge on any atom is 0.326 e. The van der Waals surface area contributed by atoms with Crippen molar-refractivity contribution in [1.82, 2.24) is 5.32 Å². The fraction of sp³-hybridized carbons (Fsp3) is 0.857. The number of aliphatic carboxylic acids is 1. The van der Waals surface area contributed by atoms with Gasteiger partial charge in [-0.1, -0.05) is 33.6 Å². The highest BCUT2D eigenvalue weighted by atomic mass is 16.4. The van der Waals surface area contributed by atoms with E-state index in [1.54, 1.807) is 0 Å². The summed E-state index contributed by atoms with van der Waals surface area (Å²) in [6.45, 7) is 6.46. The van der Waals surface area contributed by atoms with Crippen molar-refractivity contribution in [3.63, 3.8) is 0 Å². The lowest BCUT2D eigenvalue weighted by molar-refractivity contribution is -0.143. The molecule has 0 saturated heterocycles. The van der Waals surface area contributed by atoms with Gasteiger partial charge in [0.05, 0.1) is 0 Å². The second-order valence-electron chi connectivity index (χ2n) is 5.16. The molecule has 1 amide bonds. The quantitative estimate of drug-likeness (QED) is 0.565. The lowest BCUT2D eigenvalue weighted by Gasteiger charge is -2.21. The van der Waals surface area contributed by atoms with Crippen LogP contribution in [-0.2, 0) is 9.59 Å². The molecule has 3 unspecified atom stereocenters. The number of carbonyl (C=O) groups is 2. The third kappa shape index (κ3) is 7.15. The molecule has 19 heavy (non-hydrogen) atoms. The average molecular weight is 272 g/mol. The first-order valence-electron chi connectivity index (χ1n) is 7.18. The van der Waals surface area contributed by atoms with Crippen LogP contribution in [-0.4, -0.2) is 29.6 Å². The molecule has 0 aromatic rings.